The van der Waals surface area contributed by atoms with E-state index >= 15 is 0 Å². The molecule has 452 valence electrons. The summed E-state index contributed by atoms with van der Waals surface area (Å²) in [6, 6.07) is 84.7. The fraction of sp³-hybridized carbons (Fsp3) is 0.273. The minimum Gasteiger partial charge on any atom is -0.309 e. The van der Waals surface area contributed by atoms with Gasteiger partial charge in [0.25, 0.3) is 0 Å². The van der Waals surface area contributed by atoms with E-state index in [4.69, 9.17) is 0 Å². The van der Waals surface area contributed by atoms with Crippen molar-refractivity contribution >= 4 is 71.2 Å². The first-order valence-electron chi connectivity index (χ1n) is 32.7. The molecular formula is C88H90N2. The van der Waals surface area contributed by atoms with Crippen molar-refractivity contribution in [2.24, 2.45) is 0 Å². The van der Waals surface area contributed by atoms with Crippen molar-refractivity contribution in [3.05, 3.63) is 252 Å². The zero-order chi connectivity index (χ0) is 63.8. The van der Waals surface area contributed by atoms with Gasteiger partial charge in [-0.2, -0.15) is 0 Å². The lowest BCUT2D eigenvalue weighted by Crippen LogP contribution is -2.16. The van der Waals surface area contributed by atoms with E-state index in [1.165, 1.54) is 132 Å². The second kappa shape index (κ2) is 21.5. The van der Waals surface area contributed by atoms with Crippen LogP contribution in [0.25, 0.3) is 104 Å². The van der Waals surface area contributed by atoms with Gasteiger partial charge in [-0.15, -0.1) is 0 Å². The van der Waals surface area contributed by atoms with Crippen LogP contribution < -0.4 is 4.90 Å². The highest BCUT2D eigenvalue weighted by atomic mass is 15.1. The van der Waals surface area contributed by atoms with Crippen molar-refractivity contribution in [3.8, 4) is 50.2 Å². The molecule has 0 spiro atoms. The fourth-order valence-electron chi connectivity index (χ4n) is 13.6. The normalized spacial score (nSPS) is 13.0. The smallest absolute Gasteiger partial charge is 0.0543 e. The molecule has 2 nitrogen and oxygen atoms in total. The number of rotatable bonds is 8. The Morgan fingerprint density at radius 3 is 1.24 bits per heavy atom. The maximum Gasteiger partial charge on any atom is 0.0543 e. The van der Waals surface area contributed by atoms with Crippen LogP contribution in [0.3, 0.4) is 0 Å². The van der Waals surface area contributed by atoms with Crippen LogP contribution in [0, 0.1) is 0 Å². The van der Waals surface area contributed by atoms with Gasteiger partial charge in [0.15, 0.2) is 0 Å². The highest BCUT2D eigenvalue weighted by Crippen LogP contribution is 2.51. The summed E-state index contributed by atoms with van der Waals surface area (Å²) < 4.78 is 2.55. The molecule has 13 rings (SSSR count). The Labute approximate surface area is 536 Å². The summed E-state index contributed by atoms with van der Waals surface area (Å²) in [5.41, 5.74) is 24.4. The van der Waals surface area contributed by atoms with Gasteiger partial charge in [-0.05, 0) is 187 Å². The molecule has 0 atom stereocenters. The molecule has 0 aliphatic carbocycles. The maximum atomic E-state index is 2.60. The van der Waals surface area contributed by atoms with E-state index in [1.807, 2.05) is 0 Å². The summed E-state index contributed by atoms with van der Waals surface area (Å²) in [6.07, 6.45) is 0. The summed E-state index contributed by atoms with van der Waals surface area (Å²) in [6.45, 7) is 41.9. The van der Waals surface area contributed by atoms with Crippen molar-refractivity contribution in [2.45, 2.75) is 157 Å². The molecule has 0 aliphatic heterocycles. The highest BCUT2D eigenvalue weighted by Gasteiger charge is 2.29. The Morgan fingerprint density at radius 2 is 0.689 bits per heavy atom. The number of hydrogen-bond acceptors (Lipinski definition) is 1. The third-order valence-corrected chi connectivity index (χ3v) is 19.2. The third kappa shape index (κ3) is 11.0. The van der Waals surface area contributed by atoms with Crippen molar-refractivity contribution in [3.63, 3.8) is 0 Å². The van der Waals surface area contributed by atoms with Crippen molar-refractivity contribution in [2.75, 3.05) is 4.90 Å². The molecule has 2 heteroatoms. The molecule has 0 N–H and O–H groups in total. The number of hydrogen-bond donors (Lipinski definition) is 0. The first-order valence-corrected chi connectivity index (χ1v) is 32.7. The van der Waals surface area contributed by atoms with E-state index in [2.05, 4.69) is 352 Å². The van der Waals surface area contributed by atoms with Crippen molar-refractivity contribution < 1.29 is 0 Å². The van der Waals surface area contributed by atoms with Crippen molar-refractivity contribution in [1.29, 1.82) is 0 Å². The predicted octanol–water partition coefficient (Wildman–Crippen LogP) is 25.6. The zero-order valence-electron chi connectivity index (χ0n) is 56.7. The molecule has 0 radical (unpaired) electrons. The Balaban J connectivity index is 1.06. The lowest BCUT2D eigenvalue weighted by atomic mass is 9.79. The van der Waals surface area contributed by atoms with Crippen LogP contribution >= 0.6 is 0 Å². The Morgan fingerprint density at radius 1 is 0.256 bits per heavy atom. The molecule has 0 unspecified atom stereocenters. The molecule has 0 bridgehead atoms. The Kier molecular flexibility index (Phi) is 14.4. The molecule has 0 saturated heterocycles. The van der Waals surface area contributed by atoms with Gasteiger partial charge >= 0.3 is 0 Å². The standard InChI is InChI=1S/C88H90N2/c1-83(2,3)64-36-43-78-74(52-64)75-53-65(84(4,5)6)37-44-79(75)90(78)77-42-34-59-31-38-72-76(41-33-58-32-39-73(77)82(59)81(58)72)89(70-26-22-25-60(50-70)56-27-29-57(30-28-56)62-47-68(87(13,14)15)51-69(48-62)88(16,17)18)80-54-66(85(7,8)9)35-40-71(80)63-45-61(55-23-20-19-21-24-55)46-67(49-63)86(10,11)12/h19-54H,1-18H3. The molecular weight excluding hydrogens is 1080 g/mol. The average Bonchev–Trinajstić information content (AvgIpc) is 1.22. The minimum absolute atomic E-state index is 0.00268. The molecule has 12 aromatic carbocycles. The van der Waals surface area contributed by atoms with E-state index in [9.17, 15) is 0 Å². The van der Waals surface area contributed by atoms with Crippen LogP contribution in [0.4, 0.5) is 17.1 Å². The maximum absolute atomic E-state index is 2.60. The van der Waals surface area contributed by atoms with E-state index in [-0.39, 0.29) is 32.5 Å². The molecule has 0 fully saturated rings. The molecule has 13 aromatic rings. The van der Waals surface area contributed by atoms with Crippen LogP contribution in [0.15, 0.2) is 218 Å². The van der Waals surface area contributed by atoms with Gasteiger partial charge in [0.2, 0.25) is 0 Å². The topological polar surface area (TPSA) is 8.17 Å². The number of fused-ring (bicyclic) bond motifs is 3. The summed E-state index contributed by atoms with van der Waals surface area (Å²) in [5, 5.41) is 10.0. The van der Waals surface area contributed by atoms with E-state index < -0.39 is 0 Å². The largest absolute Gasteiger partial charge is 0.309 e. The van der Waals surface area contributed by atoms with Crippen molar-refractivity contribution in [1.82, 2.24) is 4.57 Å². The Hall–Kier alpha value is -8.72. The number of aromatic nitrogens is 1. The van der Waals surface area contributed by atoms with Gasteiger partial charge in [0.1, 0.15) is 0 Å². The highest BCUT2D eigenvalue weighted by molar-refractivity contribution is 6.28. The summed E-state index contributed by atoms with van der Waals surface area (Å²) in [7, 11) is 0. The van der Waals surface area contributed by atoms with Gasteiger partial charge in [0, 0.05) is 32.8 Å². The van der Waals surface area contributed by atoms with Crippen LogP contribution in [-0.4, -0.2) is 4.57 Å². The zero-order valence-corrected chi connectivity index (χ0v) is 56.7. The van der Waals surface area contributed by atoms with Crippen LogP contribution in [0.5, 0.6) is 0 Å². The summed E-state index contributed by atoms with van der Waals surface area (Å²) in [4.78, 5) is 2.60. The number of benzene rings is 12. The number of anilines is 3. The van der Waals surface area contributed by atoms with E-state index in [1.54, 1.807) is 0 Å². The predicted molar refractivity (Wildman–Crippen MR) is 393 cm³/mol. The second-order valence-electron chi connectivity index (χ2n) is 32.1. The monoisotopic (exact) mass is 1170 g/mol. The third-order valence-electron chi connectivity index (χ3n) is 19.2. The lowest BCUT2D eigenvalue weighted by Gasteiger charge is -2.32. The SMILES string of the molecule is CC(C)(C)c1cc(-c2ccccc2)cc(-c2ccc(C(C)(C)C)cc2N(c2cccc(-c3ccc(-c4cc(C(C)(C)C)cc(C(C)(C)C)c4)cc3)c2)c2ccc3ccc4c(-n5c6ccc(C(C)(C)C)cc6c6cc(C(C)(C)C)ccc65)ccc5ccc2c3c54)c1. The molecule has 1 heterocycles. The summed E-state index contributed by atoms with van der Waals surface area (Å²) >= 11 is 0. The molecule has 90 heavy (non-hydrogen) atoms. The van der Waals surface area contributed by atoms with E-state index in [0.29, 0.717) is 0 Å². The van der Waals surface area contributed by atoms with Crippen LogP contribution in [-0.2, 0) is 32.5 Å². The Bertz CT molecular complexity index is 4800. The number of nitrogens with zero attached hydrogens (tertiary/aromatic N) is 2. The quantitative estimate of drug-likeness (QED) is 0.138. The molecule has 0 amide bonds. The van der Waals surface area contributed by atoms with E-state index in [0.717, 1.165) is 22.6 Å². The van der Waals surface area contributed by atoms with Gasteiger partial charge in [0.05, 0.1) is 28.1 Å². The first kappa shape index (κ1) is 60.2. The second-order valence-corrected chi connectivity index (χ2v) is 32.1. The first-order chi connectivity index (χ1) is 42.4. The van der Waals surface area contributed by atoms with Crippen LogP contribution in [0.2, 0.25) is 0 Å². The molecule has 1 aromatic heterocycles. The van der Waals surface area contributed by atoms with Gasteiger partial charge < -0.3 is 9.47 Å². The van der Waals surface area contributed by atoms with Crippen LogP contribution in [0.1, 0.15) is 158 Å². The lowest BCUT2D eigenvalue weighted by molar-refractivity contribution is 0.569. The fourth-order valence-corrected chi connectivity index (χ4v) is 13.6. The molecule has 0 saturated carbocycles. The minimum atomic E-state index is -0.139. The van der Waals surface area contributed by atoms with Gasteiger partial charge in [-0.3, -0.25) is 0 Å². The molecule has 0 aliphatic rings. The van der Waals surface area contributed by atoms with Gasteiger partial charge in [-0.1, -0.05) is 282 Å². The average molecular weight is 1180 g/mol. The summed E-state index contributed by atoms with van der Waals surface area (Å²) in [5.74, 6) is 0. The van der Waals surface area contributed by atoms with Gasteiger partial charge in [-0.25, -0.2) is 0 Å².